The maximum Gasteiger partial charge on any atom is 0.247 e. The van der Waals surface area contributed by atoms with E-state index in [1.165, 1.54) is 25.1 Å². The summed E-state index contributed by atoms with van der Waals surface area (Å²) < 4.78 is 44.8. The quantitative estimate of drug-likeness (QED) is 0.567. The first-order valence-corrected chi connectivity index (χ1v) is 11.4. The minimum atomic E-state index is -3.83. The molecule has 3 rings (SSSR count). The van der Waals surface area contributed by atoms with Crippen molar-refractivity contribution in [3.05, 3.63) is 90.2 Å². The van der Waals surface area contributed by atoms with Crippen molar-refractivity contribution in [1.29, 1.82) is 0 Å². The molecule has 1 atom stereocenters. The highest BCUT2D eigenvalue weighted by Gasteiger charge is 2.29. The molecule has 0 fully saturated rings. The van der Waals surface area contributed by atoms with Gasteiger partial charge in [-0.1, -0.05) is 36.4 Å². The van der Waals surface area contributed by atoms with Gasteiger partial charge in [0, 0.05) is 5.69 Å². The van der Waals surface area contributed by atoms with Crippen LogP contribution in [0.3, 0.4) is 0 Å². The normalized spacial score (nSPS) is 12.1. The molecule has 0 unspecified atom stereocenters. The third-order valence-electron chi connectivity index (χ3n) is 4.52. The number of halogens is 1. The van der Waals surface area contributed by atoms with E-state index in [1.54, 1.807) is 24.3 Å². The van der Waals surface area contributed by atoms with Crippen LogP contribution in [0.5, 0.6) is 5.75 Å². The lowest BCUT2D eigenvalue weighted by Crippen LogP contribution is -2.45. The molecular formula is C23H23FN2O4S. The molecule has 31 heavy (non-hydrogen) atoms. The number of anilines is 2. The van der Waals surface area contributed by atoms with E-state index in [9.17, 15) is 17.6 Å². The van der Waals surface area contributed by atoms with E-state index in [2.05, 4.69) is 5.32 Å². The first kappa shape index (κ1) is 22.3. The summed E-state index contributed by atoms with van der Waals surface area (Å²) in [5.41, 5.74) is 1.60. The van der Waals surface area contributed by atoms with Crippen molar-refractivity contribution < 1.29 is 22.3 Å². The lowest BCUT2D eigenvalue weighted by Gasteiger charge is -2.28. The Kier molecular flexibility index (Phi) is 6.91. The molecule has 0 radical (unpaired) electrons. The maximum absolute atomic E-state index is 13.6. The summed E-state index contributed by atoms with van der Waals surface area (Å²) in [7, 11) is -3.83. The Balaban J connectivity index is 1.67. The van der Waals surface area contributed by atoms with Crippen molar-refractivity contribution in [2.24, 2.45) is 0 Å². The molecular weight excluding hydrogens is 419 g/mol. The summed E-state index contributed by atoms with van der Waals surface area (Å²) in [5, 5.41) is 2.69. The summed E-state index contributed by atoms with van der Waals surface area (Å²) >= 11 is 0. The van der Waals surface area contributed by atoms with Gasteiger partial charge < -0.3 is 10.1 Å². The third kappa shape index (κ3) is 6.05. The highest BCUT2D eigenvalue weighted by atomic mass is 32.2. The van der Waals surface area contributed by atoms with Gasteiger partial charge in [-0.3, -0.25) is 9.10 Å². The number of carbonyl (C=O) groups excluding carboxylic acids is 1. The zero-order valence-electron chi connectivity index (χ0n) is 17.2. The average molecular weight is 443 g/mol. The van der Waals surface area contributed by atoms with Crippen LogP contribution in [0, 0.1) is 5.82 Å². The van der Waals surface area contributed by atoms with Crippen LogP contribution in [-0.2, 0) is 21.4 Å². The van der Waals surface area contributed by atoms with E-state index in [1.807, 2.05) is 30.3 Å². The lowest BCUT2D eigenvalue weighted by molar-refractivity contribution is -0.116. The number of sulfonamides is 1. The second-order valence-electron chi connectivity index (χ2n) is 7.00. The number of hydrogen-bond donors (Lipinski definition) is 1. The topological polar surface area (TPSA) is 75.7 Å². The number of ether oxygens (including phenoxy) is 1. The van der Waals surface area contributed by atoms with Gasteiger partial charge in [0.15, 0.2) is 0 Å². The van der Waals surface area contributed by atoms with Gasteiger partial charge in [0.2, 0.25) is 15.9 Å². The van der Waals surface area contributed by atoms with Crippen molar-refractivity contribution in [1.82, 2.24) is 0 Å². The molecule has 0 bridgehead atoms. The van der Waals surface area contributed by atoms with Gasteiger partial charge in [-0.05, 0) is 55.0 Å². The fourth-order valence-electron chi connectivity index (χ4n) is 3.04. The number of rotatable bonds is 8. The number of benzene rings is 3. The van der Waals surface area contributed by atoms with Crippen molar-refractivity contribution in [3.8, 4) is 5.75 Å². The standard InChI is InChI=1S/C23H23FN2O4S/c1-17(26(31(2,28)29)21-10-6-9-19(24)15-21)23(27)25-20-11-13-22(14-12-20)30-16-18-7-4-3-5-8-18/h3-15,17H,16H2,1-2H3,(H,25,27)/t17-/m0/s1. The Morgan fingerprint density at radius 3 is 2.32 bits per heavy atom. The fourth-order valence-corrected chi connectivity index (χ4v) is 4.21. The van der Waals surface area contributed by atoms with Crippen LogP contribution < -0.4 is 14.4 Å². The van der Waals surface area contributed by atoms with Crippen LogP contribution in [0.25, 0.3) is 0 Å². The highest BCUT2D eigenvalue weighted by Crippen LogP contribution is 2.23. The van der Waals surface area contributed by atoms with Crippen molar-refractivity contribution in [3.63, 3.8) is 0 Å². The van der Waals surface area contributed by atoms with Crippen LogP contribution in [-0.4, -0.2) is 26.6 Å². The molecule has 0 aliphatic carbocycles. The van der Waals surface area contributed by atoms with Gasteiger partial charge in [-0.25, -0.2) is 12.8 Å². The van der Waals surface area contributed by atoms with Gasteiger partial charge in [-0.15, -0.1) is 0 Å². The number of nitrogens with zero attached hydrogens (tertiary/aromatic N) is 1. The maximum atomic E-state index is 13.6. The highest BCUT2D eigenvalue weighted by molar-refractivity contribution is 7.92. The molecule has 0 aliphatic heterocycles. The molecule has 0 saturated carbocycles. The van der Waals surface area contributed by atoms with E-state index >= 15 is 0 Å². The summed E-state index contributed by atoms with van der Waals surface area (Å²) in [6, 6.07) is 20.5. The van der Waals surface area contributed by atoms with E-state index in [4.69, 9.17) is 4.74 Å². The molecule has 8 heteroatoms. The summed E-state index contributed by atoms with van der Waals surface area (Å²) in [5.74, 6) is -0.509. The molecule has 0 aliphatic rings. The third-order valence-corrected chi connectivity index (χ3v) is 5.76. The number of amides is 1. The first-order valence-electron chi connectivity index (χ1n) is 9.56. The monoisotopic (exact) mass is 442 g/mol. The molecule has 0 spiro atoms. The van der Waals surface area contributed by atoms with Gasteiger partial charge in [0.05, 0.1) is 11.9 Å². The smallest absolute Gasteiger partial charge is 0.247 e. The Bertz CT molecular complexity index is 1140. The minimum absolute atomic E-state index is 0.0785. The number of hydrogen-bond acceptors (Lipinski definition) is 4. The fraction of sp³-hybridized carbons (Fsp3) is 0.174. The molecule has 0 aromatic heterocycles. The predicted molar refractivity (Wildman–Crippen MR) is 119 cm³/mol. The minimum Gasteiger partial charge on any atom is -0.489 e. The van der Waals surface area contributed by atoms with Crippen LogP contribution in [0.4, 0.5) is 15.8 Å². The summed E-state index contributed by atoms with van der Waals surface area (Å²) in [4.78, 5) is 12.7. The molecule has 0 heterocycles. The van der Waals surface area contributed by atoms with E-state index < -0.39 is 27.8 Å². The van der Waals surface area contributed by atoms with E-state index in [0.717, 1.165) is 22.2 Å². The summed E-state index contributed by atoms with van der Waals surface area (Å²) in [6.45, 7) is 1.86. The van der Waals surface area contributed by atoms with Crippen LogP contribution >= 0.6 is 0 Å². The molecule has 162 valence electrons. The van der Waals surface area contributed by atoms with Crippen LogP contribution in [0.1, 0.15) is 12.5 Å². The van der Waals surface area contributed by atoms with Crippen molar-refractivity contribution in [2.45, 2.75) is 19.6 Å². The molecule has 3 aromatic rings. The Labute approximate surface area is 181 Å². The van der Waals surface area contributed by atoms with Crippen molar-refractivity contribution >= 4 is 27.3 Å². The molecule has 0 saturated heterocycles. The Morgan fingerprint density at radius 2 is 1.71 bits per heavy atom. The zero-order valence-corrected chi connectivity index (χ0v) is 18.0. The molecule has 3 aromatic carbocycles. The van der Waals surface area contributed by atoms with Crippen molar-refractivity contribution in [2.75, 3.05) is 15.9 Å². The van der Waals surface area contributed by atoms with E-state index in [-0.39, 0.29) is 5.69 Å². The second-order valence-corrected chi connectivity index (χ2v) is 8.86. The van der Waals surface area contributed by atoms with Gasteiger partial charge in [0.1, 0.15) is 24.2 Å². The predicted octanol–water partition coefficient (Wildman–Crippen LogP) is 4.20. The van der Waals surface area contributed by atoms with E-state index in [0.29, 0.717) is 18.0 Å². The van der Waals surface area contributed by atoms with Gasteiger partial charge in [0.25, 0.3) is 0 Å². The average Bonchev–Trinajstić information content (AvgIpc) is 2.73. The Morgan fingerprint density at radius 1 is 1.03 bits per heavy atom. The largest absolute Gasteiger partial charge is 0.489 e. The number of nitrogens with one attached hydrogen (secondary N) is 1. The second kappa shape index (κ2) is 9.61. The lowest BCUT2D eigenvalue weighted by atomic mass is 10.2. The molecule has 1 N–H and O–H groups in total. The first-order chi connectivity index (χ1) is 14.7. The van der Waals surface area contributed by atoms with Gasteiger partial charge in [-0.2, -0.15) is 0 Å². The molecule has 6 nitrogen and oxygen atoms in total. The zero-order chi connectivity index (χ0) is 22.4. The summed E-state index contributed by atoms with van der Waals surface area (Å²) in [6.07, 6.45) is 0.973. The van der Waals surface area contributed by atoms with Crippen LogP contribution in [0.15, 0.2) is 78.9 Å². The number of carbonyl (C=O) groups is 1. The molecule has 1 amide bonds. The SMILES string of the molecule is C[C@@H](C(=O)Nc1ccc(OCc2ccccc2)cc1)N(c1cccc(F)c1)S(C)(=O)=O. The van der Waals surface area contributed by atoms with Crippen LogP contribution in [0.2, 0.25) is 0 Å². The Hall–Kier alpha value is -3.39. The van der Waals surface area contributed by atoms with Gasteiger partial charge >= 0.3 is 0 Å².